The fraction of sp³-hybridized carbons (Fsp3) is 0.385. The molecule has 2 aromatic rings. The number of benzene rings is 1. The average molecular weight is 296 g/mol. The van der Waals surface area contributed by atoms with E-state index in [4.69, 9.17) is 11.6 Å². The number of aromatic nitrogens is 2. The van der Waals surface area contributed by atoms with E-state index in [-0.39, 0.29) is 5.15 Å². The lowest BCUT2D eigenvalue weighted by Gasteiger charge is -2.10. The van der Waals surface area contributed by atoms with Gasteiger partial charge >= 0.3 is 0 Å². The SMILES string of the molecule is O=[S@](C[C@@H]1CCCN1)c1nc2ccccc2nc1Cl. The molecule has 1 aliphatic heterocycles. The Morgan fingerprint density at radius 1 is 1.32 bits per heavy atom. The first-order chi connectivity index (χ1) is 9.24. The largest absolute Gasteiger partial charge is 0.313 e. The molecular weight excluding hydrogens is 282 g/mol. The van der Waals surface area contributed by atoms with E-state index < -0.39 is 10.8 Å². The summed E-state index contributed by atoms with van der Waals surface area (Å²) in [5.74, 6) is 0.548. The van der Waals surface area contributed by atoms with Crippen molar-refractivity contribution >= 4 is 33.4 Å². The van der Waals surface area contributed by atoms with Gasteiger partial charge in [-0.25, -0.2) is 9.97 Å². The van der Waals surface area contributed by atoms with E-state index in [1.807, 2.05) is 24.3 Å². The van der Waals surface area contributed by atoms with Gasteiger partial charge in [0.05, 0.1) is 21.8 Å². The van der Waals surface area contributed by atoms with Crippen molar-refractivity contribution < 1.29 is 4.21 Å². The molecule has 1 saturated heterocycles. The molecule has 1 aromatic carbocycles. The van der Waals surface area contributed by atoms with Crippen LogP contribution in [-0.4, -0.2) is 32.5 Å². The van der Waals surface area contributed by atoms with Crippen LogP contribution in [0.2, 0.25) is 5.15 Å². The van der Waals surface area contributed by atoms with Gasteiger partial charge < -0.3 is 5.32 Å². The fourth-order valence-electron chi connectivity index (χ4n) is 2.27. The van der Waals surface area contributed by atoms with Gasteiger partial charge in [0.1, 0.15) is 0 Å². The summed E-state index contributed by atoms with van der Waals surface area (Å²) in [6.45, 7) is 0.999. The highest BCUT2D eigenvalue weighted by atomic mass is 35.5. The van der Waals surface area contributed by atoms with Crippen LogP contribution < -0.4 is 5.32 Å². The van der Waals surface area contributed by atoms with Gasteiger partial charge in [-0.15, -0.1) is 0 Å². The molecule has 0 unspecified atom stereocenters. The van der Waals surface area contributed by atoms with Crippen molar-refractivity contribution in [1.29, 1.82) is 0 Å². The molecule has 0 amide bonds. The number of fused-ring (bicyclic) bond motifs is 1. The lowest BCUT2D eigenvalue weighted by atomic mass is 10.3. The van der Waals surface area contributed by atoms with Gasteiger partial charge in [-0.05, 0) is 31.5 Å². The van der Waals surface area contributed by atoms with Gasteiger partial charge in [0.15, 0.2) is 10.2 Å². The molecule has 2 atom stereocenters. The van der Waals surface area contributed by atoms with Gasteiger partial charge in [-0.1, -0.05) is 23.7 Å². The number of rotatable bonds is 3. The maximum atomic E-state index is 12.3. The molecule has 19 heavy (non-hydrogen) atoms. The predicted octanol–water partition coefficient (Wildman–Crippen LogP) is 2.14. The van der Waals surface area contributed by atoms with Crippen molar-refractivity contribution in [2.75, 3.05) is 12.3 Å². The summed E-state index contributed by atoms with van der Waals surface area (Å²) in [5.41, 5.74) is 1.46. The summed E-state index contributed by atoms with van der Waals surface area (Å²) in [6.07, 6.45) is 2.20. The predicted molar refractivity (Wildman–Crippen MR) is 76.8 cm³/mol. The van der Waals surface area contributed by atoms with Crippen LogP contribution in [0.5, 0.6) is 0 Å². The number of para-hydroxylation sites is 2. The summed E-state index contributed by atoms with van der Waals surface area (Å²) < 4.78 is 12.3. The van der Waals surface area contributed by atoms with Crippen molar-refractivity contribution in [2.45, 2.75) is 23.9 Å². The number of halogens is 1. The first-order valence-corrected chi connectivity index (χ1v) is 7.98. The van der Waals surface area contributed by atoms with E-state index in [2.05, 4.69) is 15.3 Å². The smallest absolute Gasteiger partial charge is 0.165 e. The molecule has 1 N–H and O–H groups in total. The molecule has 100 valence electrons. The van der Waals surface area contributed by atoms with Gasteiger partial charge in [-0.2, -0.15) is 0 Å². The molecule has 1 fully saturated rings. The van der Waals surface area contributed by atoms with Crippen molar-refractivity contribution in [3.63, 3.8) is 0 Å². The molecule has 0 bridgehead atoms. The van der Waals surface area contributed by atoms with Gasteiger partial charge in [-0.3, -0.25) is 4.21 Å². The molecule has 3 rings (SSSR count). The zero-order valence-corrected chi connectivity index (χ0v) is 11.9. The summed E-state index contributed by atoms with van der Waals surface area (Å²) in [4.78, 5) is 8.66. The van der Waals surface area contributed by atoms with Gasteiger partial charge in [0, 0.05) is 11.8 Å². The highest BCUT2D eigenvalue weighted by Gasteiger charge is 2.21. The highest BCUT2D eigenvalue weighted by Crippen LogP contribution is 2.21. The van der Waals surface area contributed by atoms with E-state index in [0.717, 1.165) is 30.4 Å². The third-order valence-corrected chi connectivity index (χ3v) is 5.03. The van der Waals surface area contributed by atoms with Crippen LogP contribution >= 0.6 is 11.6 Å². The van der Waals surface area contributed by atoms with Crippen LogP contribution in [-0.2, 0) is 10.8 Å². The molecule has 4 nitrogen and oxygen atoms in total. The quantitative estimate of drug-likeness (QED) is 0.942. The fourth-order valence-corrected chi connectivity index (χ4v) is 3.90. The molecule has 1 aromatic heterocycles. The number of hydrogen-bond donors (Lipinski definition) is 1. The molecule has 0 aliphatic carbocycles. The second kappa shape index (κ2) is 5.53. The topological polar surface area (TPSA) is 54.9 Å². The Hall–Kier alpha value is -1.04. The molecule has 2 heterocycles. The van der Waals surface area contributed by atoms with Crippen LogP contribution in [0, 0.1) is 0 Å². The lowest BCUT2D eigenvalue weighted by Crippen LogP contribution is -2.27. The molecule has 6 heteroatoms. The summed E-state index contributed by atoms with van der Waals surface area (Å²) in [6, 6.07) is 7.76. The maximum absolute atomic E-state index is 12.3. The molecule has 0 radical (unpaired) electrons. The Labute approximate surface area is 119 Å². The van der Waals surface area contributed by atoms with Crippen LogP contribution in [0.15, 0.2) is 29.3 Å². The Kier molecular flexibility index (Phi) is 3.77. The Balaban J connectivity index is 1.90. The van der Waals surface area contributed by atoms with Crippen LogP contribution in [0.1, 0.15) is 12.8 Å². The number of nitrogens with one attached hydrogen (secondary N) is 1. The second-order valence-corrected chi connectivity index (χ2v) is 6.38. The van der Waals surface area contributed by atoms with Crippen molar-refractivity contribution in [1.82, 2.24) is 15.3 Å². The van der Waals surface area contributed by atoms with Gasteiger partial charge in [0.25, 0.3) is 0 Å². The van der Waals surface area contributed by atoms with Crippen molar-refractivity contribution in [3.8, 4) is 0 Å². The Bertz CT molecular complexity index is 628. The standard InChI is InChI=1S/C13H14ClN3OS/c14-12-13(19(18)8-9-4-3-7-15-9)17-11-6-2-1-5-10(11)16-12/h1-2,5-6,9,15H,3-4,7-8H2/t9-,19+/m0/s1. The van der Waals surface area contributed by atoms with Crippen molar-refractivity contribution in [2.24, 2.45) is 0 Å². The van der Waals surface area contributed by atoms with E-state index in [0.29, 0.717) is 16.8 Å². The molecule has 1 aliphatic rings. The van der Waals surface area contributed by atoms with Crippen molar-refractivity contribution in [3.05, 3.63) is 29.4 Å². The van der Waals surface area contributed by atoms with E-state index >= 15 is 0 Å². The summed E-state index contributed by atoms with van der Waals surface area (Å²) in [5, 5.41) is 3.97. The average Bonchev–Trinajstić information content (AvgIpc) is 2.90. The minimum atomic E-state index is -1.21. The Morgan fingerprint density at radius 2 is 2.05 bits per heavy atom. The minimum Gasteiger partial charge on any atom is -0.313 e. The zero-order valence-electron chi connectivity index (χ0n) is 10.3. The van der Waals surface area contributed by atoms with E-state index in [9.17, 15) is 4.21 Å². The molecule has 0 saturated carbocycles. The monoisotopic (exact) mass is 295 g/mol. The first-order valence-electron chi connectivity index (χ1n) is 6.28. The normalized spacial score (nSPS) is 20.8. The van der Waals surface area contributed by atoms with Crippen LogP contribution in [0.25, 0.3) is 11.0 Å². The van der Waals surface area contributed by atoms with E-state index in [1.54, 1.807) is 0 Å². The van der Waals surface area contributed by atoms with Gasteiger partial charge in [0.2, 0.25) is 0 Å². The molecular formula is C13H14ClN3OS. The zero-order chi connectivity index (χ0) is 13.2. The number of hydrogen-bond acceptors (Lipinski definition) is 4. The number of nitrogens with zero attached hydrogens (tertiary/aromatic N) is 2. The minimum absolute atomic E-state index is 0.245. The molecule has 0 spiro atoms. The third-order valence-electron chi connectivity index (χ3n) is 3.23. The van der Waals surface area contributed by atoms with Crippen LogP contribution in [0.3, 0.4) is 0 Å². The van der Waals surface area contributed by atoms with Crippen LogP contribution in [0.4, 0.5) is 0 Å². The second-order valence-electron chi connectivity index (χ2n) is 4.61. The summed E-state index contributed by atoms with van der Waals surface area (Å²) in [7, 11) is -1.21. The maximum Gasteiger partial charge on any atom is 0.165 e. The lowest BCUT2D eigenvalue weighted by molar-refractivity contribution is 0.641. The Morgan fingerprint density at radius 3 is 2.74 bits per heavy atom. The van der Waals surface area contributed by atoms with E-state index in [1.165, 1.54) is 0 Å². The third kappa shape index (κ3) is 2.78. The first kappa shape index (κ1) is 13.0. The summed E-state index contributed by atoms with van der Waals surface area (Å²) >= 11 is 6.10. The highest BCUT2D eigenvalue weighted by molar-refractivity contribution is 7.85.